The van der Waals surface area contributed by atoms with Crippen LogP contribution in [0.1, 0.15) is 17.3 Å². The summed E-state index contributed by atoms with van der Waals surface area (Å²) < 4.78 is 0. The first kappa shape index (κ1) is 13.1. The molecule has 0 radical (unpaired) electrons. The number of carbonyl (C=O) groups is 1. The van der Waals surface area contributed by atoms with Gasteiger partial charge in [-0.15, -0.1) is 0 Å². The van der Waals surface area contributed by atoms with Crippen molar-refractivity contribution in [3.63, 3.8) is 0 Å². The Morgan fingerprint density at radius 1 is 1.28 bits per heavy atom. The molecule has 18 heavy (non-hydrogen) atoms. The minimum atomic E-state index is 0.107. The lowest BCUT2D eigenvalue weighted by atomic mass is 10.1. The van der Waals surface area contributed by atoms with E-state index in [2.05, 4.69) is 9.80 Å². The Balaban J connectivity index is 2.01. The number of benzene rings is 1. The average molecular weight is 248 g/mol. The number of hydrogen-bond acceptors (Lipinski definition) is 4. The van der Waals surface area contributed by atoms with Crippen LogP contribution in [-0.4, -0.2) is 55.1 Å². The number of anilines is 1. The van der Waals surface area contributed by atoms with Crippen LogP contribution in [0.15, 0.2) is 24.3 Å². The number of aliphatic hydroxyl groups is 1. The Kier molecular flexibility index (Phi) is 4.33. The van der Waals surface area contributed by atoms with Gasteiger partial charge in [0.25, 0.3) is 0 Å². The van der Waals surface area contributed by atoms with Crippen LogP contribution in [0.3, 0.4) is 0 Å². The molecular formula is C14H20N2O2. The SMILES string of the molecule is CC(=O)c1cccc(N2CCN(CCO)CC2)c1. The standard InChI is InChI=1S/C14H20N2O2/c1-12(18)13-3-2-4-14(11-13)16-7-5-15(6-8-16)9-10-17/h2-4,11,17H,5-10H2,1H3. The largest absolute Gasteiger partial charge is 0.395 e. The van der Waals surface area contributed by atoms with Crippen molar-refractivity contribution in [3.05, 3.63) is 29.8 Å². The normalized spacial score (nSPS) is 16.9. The molecule has 1 heterocycles. The van der Waals surface area contributed by atoms with Crippen molar-refractivity contribution in [1.82, 2.24) is 4.90 Å². The Hall–Kier alpha value is -1.39. The van der Waals surface area contributed by atoms with Crippen molar-refractivity contribution < 1.29 is 9.90 Å². The second-order valence-corrected chi connectivity index (χ2v) is 4.66. The van der Waals surface area contributed by atoms with Gasteiger partial charge in [0.15, 0.2) is 5.78 Å². The molecule has 1 aromatic rings. The molecule has 2 rings (SSSR count). The van der Waals surface area contributed by atoms with E-state index in [1.54, 1.807) is 6.92 Å². The van der Waals surface area contributed by atoms with Gasteiger partial charge in [-0.3, -0.25) is 9.69 Å². The van der Waals surface area contributed by atoms with Crippen LogP contribution in [0.25, 0.3) is 0 Å². The summed E-state index contributed by atoms with van der Waals surface area (Å²) in [4.78, 5) is 15.9. The fraction of sp³-hybridized carbons (Fsp3) is 0.500. The maximum atomic E-state index is 11.4. The molecule has 1 N–H and O–H groups in total. The first-order chi connectivity index (χ1) is 8.70. The molecule has 1 fully saturated rings. The summed E-state index contributed by atoms with van der Waals surface area (Å²) in [6, 6.07) is 7.80. The summed E-state index contributed by atoms with van der Waals surface area (Å²) >= 11 is 0. The average Bonchev–Trinajstić information content (AvgIpc) is 2.40. The van der Waals surface area contributed by atoms with E-state index in [1.807, 2.05) is 24.3 Å². The van der Waals surface area contributed by atoms with Gasteiger partial charge >= 0.3 is 0 Å². The van der Waals surface area contributed by atoms with Crippen molar-refractivity contribution in [2.24, 2.45) is 0 Å². The molecule has 0 aromatic heterocycles. The Morgan fingerprint density at radius 2 is 2.00 bits per heavy atom. The van der Waals surface area contributed by atoms with E-state index >= 15 is 0 Å². The number of rotatable bonds is 4. The van der Waals surface area contributed by atoms with E-state index in [9.17, 15) is 4.79 Å². The smallest absolute Gasteiger partial charge is 0.159 e. The topological polar surface area (TPSA) is 43.8 Å². The number of aliphatic hydroxyl groups excluding tert-OH is 1. The molecule has 4 heteroatoms. The minimum Gasteiger partial charge on any atom is -0.395 e. The Labute approximate surface area is 108 Å². The van der Waals surface area contributed by atoms with E-state index in [0.29, 0.717) is 0 Å². The van der Waals surface area contributed by atoms with Gasteiger partial charge in [0.2, 0.25) is 0 Å². The van der Waals surface area contributed by atoms with Gasteiger partial charge < -0.3 is 10.0 Å². The van der Waals surface area contributed by atoms with Crippen LogP contribution >= 0.6 is 0 Å². The van der Waals surface area contributed by atoms with Crippen LogP contribution in [0.2, 0.25) is 0 Å². The lowest BCUT2D eigenvalue weighted by Gasteiger charge is -2.35. The molecule has 98 valence electrons. The van der Waals surface area contributed by atoms with Crippen LogP contribution in [-0.2, 0) is 0 Å². The molecule has 4 nitrogen and oxygen atoms in total. The zero-order chi connectivity index (χ0) is 13.0. The van der Waals surface area contributed by atoms with Crippen molar-refractivity contribution in [3.8, 4) is 0 Å². The molecular weight excluding hydrogens is 228 g/mol. The monoisotopic (exact) mass is 248 g/mol. The Bertz CT molecular complexity index is 412. The van der Waals surface area contributed by atoms with E-state index in [4.69, 9.17) is 5.11 Å². The second-order valence-electron chi connectivity index (χ2n) is 4.66. The molecule has 1 saturated heterocycles. The zero-order valence-electron chi connectivity index (χ0n) is 10.8. The quantitative estimate of drug-likeness (QED) is 0.807. The molecule has 1 aliphatic rings. The zero-order valence-corrected chi connectivity index (χ0v) is 10.8. The molecule has 1 aliphatic heterocycles. The van der Waals surface area contributed by atoms with Crippen molar-refractivity contribution >= 4 is 11.5 Å². The van der Waals surface area contributed by atoms with Crippen molar-refractivity contribution in [2.75, 3.05) is 44.2 Å². The fourth-order valence-electron chi connectivity index (χ4n) is 2.29. The number of hydrogen-bond donors (Lipinski definition) is 1. The van der Waals surface area contributed by atoms with Gasteiger partial charge in [-0.05, 0) is 19.1 Å². The van der Waals surface area contributed by atoms with Gasteiger partial charge in [-0.2, -0.15) is 0 Å². The minimum absolute atomic E-state index is 0.107. The first-order valence-corrected chi connectivity index (χ1v) is 6.40. The highest BCUT2D eigenvalue weighted by Crippen LogP contribution is 2.18. The van der Waals surface area contributed by atoms with E-state index < -0.39 is 0 Å². The number of β-amino-alcohol motifs (C(OH)–C–C–N with tert-alkyl or cyclic N) is 1. The number of carbonyl (C=O) groups excluding carboxylic acids is 1. The highest BCUT2D eigenvalue weighted by atomic mass is 16.3. The number of Topliss-reactive ketones (excluding diaryl/α,β-unsaturated/α-hetero) is 1. The number of ketones is 1. The molecule has 0 saturated carbocycles. The Morgan fingerprint density at radius 3 is 2.61 bits per heavy atom. The van der Waals surface area contributed by atoms with Gasteiger partial charge in [0.05, 0.1) is 6.61 Å². The van der Waals surface area contributed by atoms with Crippen LogP contribution in [0, 0.1) is 0 Å². The van der Waals surface area contributed by atoms with E-state index in [-0.39, 0.29) is 12.4 Å². The van der Waals surface area contributed by atoms with Crippen LogP contribution < -0.4 is 4.90 Å². The van der Waals surface area contributed by atoms with Crippen molar-refractivity contribution in [1.29, 1.82) is 0 Å². The summed E-state index contributed by atoms with van der Waals surface area (Å²) in [5.41, 5.74) is 1.89. The maximum absolute atomic E-state index is 11.4. The molecule has 0 bridgehead atoms. The first-order valence-electron chi connectivity index (χ1n) is 6.40. The van der Waals surface area contributed by atoms with Crippen LogP contribution in [0.5, 0.6) is 0 Å². The molecule has 0 atom stereocenters. The number of nitrogens with zero attached hydrogens (tertiary/aromatic N) is 2. The fourth-order valence-corrected chi connectivity index (χ4v) is 2.29. The maximum Gasteiger partial charge on any atom is 0.159 e. The molecule has 0 spiro atoms. The second kappa shape index (κ2) is 5.98. The van der Waals surface area contributed by atoms with Crippen molar-refractivity contribution in [2.45, 2.75) is 6.92 Å². The summed E-state index contributed by atoms with van der Waals surface area (Å²) in [5.74, 6) is 0.107. The number of piperazine rings is 1. The summed E-state index contributed by atoms with van der Waals surface area (Å²) in [6.07, 6.45) is 0. The summed E-state index contributed by atoms with van der Waals surface area (Å²) in [7, 11) is 0. The van der Waals surface area contributed by atoms with Gasteiger partial charge in [0.1, 0.15) is 0 Å². The van der Waals surface area contributed by atoms with E-state index in [0.717, 1.165) is 44.0 Å². The van der Waals surface area contributed by atoms with E-state index in [1.165, 1.54) is 0 Å². The molecule has 0 unspecified atom stereocenters. The molecule has 0 amide bonds. The summed E-state index contributed by atoms with van der Waals surface area (Å²) in [5, 5.41) is 8.91. The predicted molar refractivity (Wildman–Crippen MR) is 72.2 cm³/mol. The third-order valence-corrected chi connectivity index (χ3v) is 3.41. The highest BCUT2D eigenvalue weighted by molar-refractivity contribution is 5.94. The third kappa shape index (κ3) is 3.09. The molecule has 1 aromatic carbocycles. The lowest BCUT2D eigenvalue weighted by Crippen LogP contribution is -2.47. The predicted octanol–water partition coefficient (Wildman–Crippen LogP) is 1.00. The van der Waals surface area contributed by atoms with Gasteiger partial charge in [-0.1, -0.05) is 12.1 Å². The van der Waals surface area contributed by atoms with Gasteiger partial charge in [0, 0.05) is 44.0 Å². The summed E-state index contributed by atoms with van der Waals surface area (Å²) in [6.45, 7) is 6.39. The lowest BCUT2D eigenvalue weighted by molar-refractivity contribution is 0.101. The molecule has 0 aliphatic carbocycles. The highest BCUT2D eigenvalue weighted by Gasteiger charge is 2.16. The third-order valence-electron chi connectivity index (χ3n) is 3.41. The van der Waals surface area contributed by atoms with Crippen LogP contribution in [0.4, 0.5) is 5.69 Å². The van der Waals surface area contributed by atoms with Gasteiger partial charge in [-0.25, -0.2) is 0 Å².